The molecule has 3 N–H and O–H groups in total. The Morgan fingerprint density at radius 2 is 1.89 bits per heavy atom. The minimum atomic E-state index is 0.419. The van der Waals surface area contributed by atoms with Crippen LogP contribution in [0.2, 0.25) is 0 Å². The van der Waals surface area contributed by atoms with Gasteiger partial charge in [0, 0.05) is 17.3 Å². The largest absolute Gasteiger partial charge is 0.382 e. The van der Waals surface area contributed by atoms with Crippen molar-refractivity contribution in [1.29, 1.82) is 0 Å². The van der Waals surface area contributed by atoms with Gasteiger partial charge in [0.05, 0.1) is 5.52 Å². The molecule has 96 valence electrons. The average molecular weight is 252 g/mol. The molecule has 0 saturated heterocycles. The zero-order valence-electron chi connectivity index (χ0n) is 11.0. The second-order valence-electron chi connectivity index (χ2n) is 4.99. The first-order chi connectivity index (χ1) is 9.15. The van der Waals surface area contributed by atoms with Gasteiger partial charge in [0.1, 0.15) is 0 Å². The average Bonchev–Trinajstić information content (AvgIpc) is 2.80. The normalized spacial score (nSPS) is 11.3. The highest BCUT2D eigenvalue weighted by atomic mass is 15.1. The first-order valence-corrected chi connectivity index (χ1v) is 6.35. The van der Waals surface area contributed by atoms with Gasteiger partial charge in [0.25, 0.3) is 0 Å². The van der Waals surface area contributed by atoms with Gasteiger partial charge in [-0.3, -0.25) is 10.1 Å². The van der Waals surface area contributed by atoms with Crippen molar-refractivity contribution in [3.8, 4) is 11.1 Å². The van der Waals surface area contributed by atoms with Crippen LogP contribution in [0.4, 0.5) is 5.82 Å². The van der Waals surface area contributed by atoms with Gasteiger partial charge < -0.3 is 5.73 Å². The Morgan fingerprint density at radius 1 is 1.11 bits per heavy atom. The van der Waals surface area contributed by atoms with E-state index in [0.29, 0.717) is 11.7 Å². The molecule has 0 fully saturated rings. The highest BCUT2D eigenvalue weighted by molar-refractivity contribution is 5.92. The van der Waals surface area contributed by atoms with Gasteiger partial charge >= 0.3 is 0 Å². The highest BCUT2D eigenvalue weighted by Crippen LogP contribution is 2.27. The lowest BCUT2D eigenvalue weighted by Crippen LogP contribution is -1.92. The van der Waals surface area contributed by atoms with Crippen molar-refractivity contribution in [3.63, 3.8) is 0 Å². The van der Waals surface area contributed by atoms with Gasteiger partial charge in [-0.15, -0.1) is 0 Å². The molecule has 4 nitrogen and oxygen atoms in total. The van der Waals surface area contributed by atoms with Gasteiger partial charge in [0.15, 0.2) is 5.82 Å². The van der Waals surface area contributed by atoms with E-state index >= 15 is 0 Å². The van der Waals surface area contributed by atoms with Crippen LogP contribution in [0.15, 0.2) is 36.5 Å². The third-order valence-electron chi connectivity index (χ3n) is 3.30. The Hall–Kier alpha value is -2.36. The second-order valence-corrected chi connectivity index (χ2v) is 4.99. The molecule has 3 aromatic rings. The van der Waals surface area contributed by atoms with Gasteiger partial charge in [0.2, 0.25) is 0 Å². The number of rotatable bonds is 2. The Balaban J connectivity index is 2.13. The first-order valence-electron chi connectivity index (χ1n) is 6.35. The van der Waals surface area contributed by atoms with E-state index in [1.165, 1.54) is 0 Å². The Bertz CT molecular complexity index is 728. The standard InChI is InChI=1S/C15H16N4/c1-9(2)14-8-11(5-6-17-14)10-3-4-13-12(7-10)15(16)19-18-13/h3-9H,1-2H3,(H3,16,18,19). The van der Waals surface area contributed by atoms with Crippen LogP contribution in [0.3, 0.4) is 0 Å². The van der Waals surface area contributed by atoms with Crippen molar-refractivity contribution in [2.75, 3.05) is 5.73 Å². The molecule has 0 radical (unpaired) electrons. The van der Waals surface area contributed by atoms with E-state index in [-0.39, 0.29) is 0 Å². The quantitative estimate of drug-likeness (QED) is 0.735. The fraction of sp³-hybridized carbons (Fsp3) is 0.200. The van der Waals surface area contributed by atoms with Crippen molar-refractivity contribution in [2.45, 2.75) is 19.8 Å². The number of nitrogens with one attached hydrogen (secondary N) is 1. The molecule has 2 aromatic heterocycles. The number of hydrogen-bond donors (Lipinski definition) is 2. The third-order valence-corrected chi connectivity index (χ3v) is 3.30. The molecule has 0 spiro atoms. The number of pyridine rings is 1. The summed E-state index contributed by atoms with van der Waals surface area (Å²) in [6.45, 7) is 4.28. The van der Waals surface area contributed by atoms with Crippen molar-refractivity contribution in [1.82, 2.24) is 15.2 Å². The number of anilines is 1. The molecule has 0 aliphatic carbocycles. The van der Waals surface area contributed by atoms with Gasteiger partial charge in [-0.1, -0.05) is 19.9 Å². The lowest BCUT2D eigenvalue weighted by molar-refractivity contribution is 0.823. The lowest BCUT2D eigenvalue weighted by atomic mass is 10.0. The van der Waals surface area contributed by atoms with Crippen molar-refractivity contribution in [2.24, 2.45) is 0 Å². The maximum absolute atomic E-state index is 5.85. The lowest BCUT2D eigenvalue weighted by Gasteiger charge is -2.07. The summed E-state index contributed by atoms with van der Waals surface area (Å²) >= 11 is 0. The van der Waals surface area contributed by atoms with Crippen LogP contribution >= 0.6 is 0 Å². The van der Waals surface area contributed by atoms with Crippen LogP contribution in [-0.4, -0.2) is 15.2 Å². The molecule has 0 aliphatic heterocycles. The molecule has 19 heavy (non-hydrogen) atoms. The van der Waals surface area contributed by atoms with Crippen molar-refractivity contribution in [3.05, 3.63) is 42.2 Å². The van der Waals surface area contributed by atoms with Gasteiger partial charge in [-0.25, -0.2) is 0 Å². The predicted molar refractivity (Wildman–Crippen MR) is 77.8 cm³/mol. The Morgan fingerprint density at radius 3 is 2.68 bits per heavy atom. The maximum Gasteiger partial charge on any atom is 0.153 e. The van der Waals surface area contributed by atoms with Gasteiger partial charge in [-0.05, 0) is 41.3 Å². The van der Waals surface area contributed by atoms with Gasteiger partial charge in [-0.2, -0.15) is 5.10 Å². The van der Waals surface area contributed by atoms with Crippen molar-refractivity contribution < 1.29 is 0 Å². The highest BCUT2D eigenvalue weighted by Gasteiger charge is 2.07. The van der Waals surface area contributed by atoms with E-state index in [0.717, 1.165) is 27.7 Å². The number of benzene rings is 1. The van der Waals surface area contributed by atoms with E-state index in [2.05, 4.69) is 47.2 Å². The summed E-state index contributed by atoms with van der Waals surface area (Å²) < 4.78 is 0. The summed E-state index contributed by atoms with van der Waals surface area (Å²) in [6.07, 6.45) is 1.85. The topological polar surface area (TPSA) is 67.6 Å². The summed E-state index contributed by atoms with van der Waals surface area (Å²) in [5, 5.41) is 7.88. The van der Waals surface area contributed by atoms with E-state index in [9.17, 15) is 0 Å². The molecule has 3 rings (SSSR count). The zero-order valence-corrected chi connectivity index (χ0v) is 11.0. The summed E-state index contributed by atoms with van der Waals surface area (Å²) in [5.41, 5.74) is 10.2. The van der Waals surface area contributed by atoms with Crippen LogP contribution in [0.25, 0.3) is 22.0 Å². The fourth-order valence-corrected chi connectivity index (χ4v) is 2.16. The number of fused-ring (bicyclic) bond motifs is 1. The molecular formula is C15H16N4. The maximum atomic E-state index is 5.85. The summed E-state index contributed by atoms with van der Waals surface area (Å²) in [4.78, 5) is 4.39. The van der Waals surface area contributed by atoms with E-state index in [4.69, 9.17) is 5.73 Å². The molecule has 0 amide bonds. The number of hydrogen-bond acceptors (Lipinski definition) is 3. The number of nitrogen functional groups attached to an aromatic ring is 1. The smallest absolute Gasteiger partial charge is 0.153 e. The molecular weight excluding hydrogens is 236 g/mol. The first kappa shape index (κ1) is 11.7. The molecule has 2 heterocycles. The molecule has 4 heteroatoms. The summed E-state index contributed by atoms with van der Waals surface area (Å²) in [5.74, 6) is 0.956. The second kappa shape index (κ2) is 4.39. The van der Waals surface area contributed by atoms with E-state index in [1.807, 2.05) is 18.3 Å². The molecule has 0 aliphatic rings. The SMILES string of the molecule is CC(C)c1cc(-c2ccc3[nH]nc(N)c3c2)ccn1. The molecule has 0 atom stereocenters. The molecule has 0 bridgehead atoms. The monoisotopic (exact) mass is 252 g/mol. The summed E-state index contributed by atoms with van der Waals surface area (Å²) in [6, 6.07) is 10.3. The van der Waals surface area contributed by atoms with E-state index in [1.54, 1.807) is 0 Å². The molecule has 0 unspecified atom stereocenters. The van der Waals surface area contributed by atoms with E-state index < -0.39 is 0 Å². The predicted octanol–water partition coefficient (Wildman–Crippen LogP) is 3.33. The van der Waals surface area contributed by atoms with Crippen LogP contribution in [-0.2, 0) is 0 Å². The Labute approximate surface area is 111 Å². The Kier molecular flexibility index (Phi) is 2.71. The van der Waals surface area contributed by atoms with Crippen LogP contribution < -0.4 is 5.73 Å². The van der Waals surface area contributed by atoms with Crippen molar-refractivity contribution >= 4 is 16.7 Å². The number of aromatic nitrogens is 3. The number of H-pyrrole nitrogens is 1. The number of nitrogens with two attached hydrogens (primary N) is 1. The number of nitrogens with zero attached hydrogens (tertiary/aromatic N) is 2. The fourth-order valence-electron chi connectivity index (χ4n) is 2.16. The number of aromatic amines is 1. The van der Waals surface area contributed by atoms with Crippen LogP contribution in [0.1, 0.15) is 25.5 Å². The van der Waals surface area contributed by atoms with Crippen LogP contribution in [0, 0.1) is 0 Å². The summed E-state index contributed by atoms with van der Waals surface area (Å²) in [7, 11) is 0. The molecule has 1 aromatic carbocycles. The minimum absolute atomic E-state index is 0.419. The third kappa shape index (κ3) is 2.05. The molecule has 0 saturated carbocycles. The van der Waals surface area contributed by atoms with Crippen LogP contribution in [0.5, 0.6) is 0 Å². The minimum Gasteiger partial charge on any atom is -0.382 e. The zero-order chi connectivity index (χ0) is 13.4.